The highest BCUT2D eigenvalue weighted by Crippen LogP contribution is 2.55. The Morgan fingerprint density at radius 3 is 1.48 bits per heavy atom. The lowest BCUT2D eigenvalue weighted by Crippen LogP contribution is -2.22. The molecule has 0 aliphatic heterocycles. The van der Waals surface area contributed by atoms with Crippen molar-refractivity contribution in [2.75, 3.05) is 4.90 Å². The second-order valence-electron chi connectivity index (χ2n) is 20.5. The van der Waals surface area contributed by atoms with Crippen LogP contribution < -0.4 is 4.90 Å². The van der Waals surface area contributed by atoms with Crippen molar-refractivity contribution in [2.45, 2.75) is 31.6 Å². The van der Waals surface area contributed by atoms with Gasteiger partial charge in [0.15, 0.2) is 0 Å². The molecule has 14 rings (SSSR count). The lowest BCUT2D eigenvalue weighted by Gasteiger charge is -2.28. The average molecular weight is 950 g/mol. The van der Waals surface area contributed by atoms with Crippen LogP contribution in [0.2, 0.25) is 0 Å². The summed E-state index contributed by atoms with van der Waals surface area (Å²) in [6, 6.07) is 94.7. The summed E-state index contributed by atoms with van der Waals surface area (Å²) in [6.45, 7) is 7.15. The third-order valence-corrected chi connectivity index (χ3v) is 17.4. The largest absolute Gasteiger partial charge is 0.311 e. The predicted molar refractivity (Wildman–Crippen MR) is 311 cm³/mol. The smallest absolute Gasteiger partial charge is 0.0462 e. The molecule has 2 aliphatic rings. The van der Waals surface area contributed by atoms with Gasteiger partial charge in [-0.1, -0.05) is 220 Å². The van der Waals surface area contributed by atoms with E-state index in [1.165, 1.54) is 115 Å². The zero-order chi connectivity index (χ0) is 48.8. The summed E-state index contributed by atoms with van der Waals surface area (Å²) in [5, 5.41) is 2.63. The Labute approximate surface area is 432 Å². The van der Waals surface area contributed by atoms with Crippen molar-refractivity contribution < 1.29 is 0 Å². The Bertz CT molecular complexity index is 4100. The first-order valence-corrected chi connectivity index (χ1v) is 26.3. The van der Waals surface area contributed by atoms with E-state index in [9.17, 15) is 0 Å². The van der Waals surface area contributed by atoms with Crippen LogP contribution in [0.3, 0.4) is 0 Å². The van der Waals surface area contributed by atoms with Crippen LogP contribution in [0.15, 0.2) is 255 Å². The van der Waals surface area contributed by atoms with Gasteiger partial charge in [-0.2, -0.15) is 0 Å². The normalized spacial score (nSPS) is 14.9. The molecule has 0 bridgehead atoms. The van der Waals surface area contributed by atoms with E-state index in [4.69, 9.17) is 0 Å². The van der Waals surface area contributed by atoms with Crippen LogP contribution >= 0.6 is 11.3 Å². The molecule has 346 valence electrons. The number of hydrogen-bond donors (Lipinski definition) is 0. The van der Waals surface area contributed by atoms with Crippen LogP contribution in [0.1, 0.15) is 48.6 Å². The maximum atomic E-state index is 2.44. The molecule has 73 heavy (non-hydrogen) atoms. The van der Waals surface area contributed by atoms with Crippen molar-refractivity contribution >= 4 is 48.6 Å². The number of nitrogens with zero attached hydrogens (tertiary/aromatic N) is 1. The van der Waals surface area contributed by atoms with E-state index in [-0.39, 0.29) is 10.8 Å². The predicted octanol–water partition coefficient (Wildman–Crippen LogP) is 19.8. The summed E-state index contributed by atoms with van der Waals surface area (Å²) in [6.07, 6.45) is 0. The Morgan fingerprint density at radius 2 is 0.781 bits per heavy atom. The van der Waals surface area contributed by atoms with Gasteiger partial charge in [0.2, 0.25) is 0 Å². The summed E-state index contributed by atoms with van der Waals surface area (Å²) in [5.74, 6) is 0. The van der Waals surface area contributed by atoms with Gasteiger partial charge in [-0.3, -0.25) is 0 Å². The molecule has 1 nitrogen and oxygen atoms in total. The molecule has 2 aliphatic carbocycles. The van der Waals surface area contributed by atoms with Gasteiger partial charge in [0.25, 0.3) is 0 Å². The first-order chi connectivity index (χ1) is 35.8. The summed E-state index contributed by atoms with van der Waals surface area (Å²) in [4.78, 5) is 2.40. The zero-order valence-corrected chi connectivity index (χ0v) is 41.9. The minimum absolute atomic E-state index is 0.120. The van der Waals surface area contributed by atoms with E-state index < -0.39 is 0 Å². The zero-order valence-electron chi connectivity index (χ0n) is 41.1. The number of anilines is 3. The van der Waals surface area contributed by atoms with Crippen molar-refractivity contribution in [3.8, 4) is 66.8 Å². The molecular formula is C71H51NS. The molecule has 0 radical (unpaired) electrons. The van der Waals surface area contributed by atoms with Crippen molar-refractivity contribution in [3.63, 3.8) is 0 Å². The highest BCUT2D eigenvalue weighted by Gasteiger charge is 2.41. The first kappa shape index (κ1) is 43.2. The van der Waals surface area contributed by atoms with E-state index in [0.717, 1.165) is 17.1 Å². The van der Waals surface area contributed by atoms with Crippen LogP contribution in [-0.4, -0.2) is 0 Å². The number of fused-ring (bicyclic) bond motifs is 9. The van der Waals surface area contributed by atoms with Crippen LogP contribution in [-0.2, 0) is 10.8 Å². The van der Waals surface area contributed by atoms with Crippen LogP contribution in [0.5, 0.6) is 0 Å². The summed E-state index contributed by atoms with van der Waals surface area (Å²) >= 11 is 1.88. The van der Waals surface area contributed by atoms with Crippen molar-refractivity contribution in [1.82, 2.24) is 0 Å². The van der Waals surface area contributed by atoms with E-state index in [2.05, 4.69) is 280 Å². The molecule has 0 fully saturated rings. The monoisotopic (exact) mass is 949 g/mol. The maximum Gasteiger partial charge on any atom is 0.0462 e. The highest BCUT2D eigenvalue weighted by molar-refractivity contribution is 7.26. The third kappa shape index (κ3) is 6.74. The van der Waals surface area contributed by atoms with Crippen LogP contribution in [0, 0.1) is 0 Å². The quantitative estimate of drug-likeness (QED) is 0.147. The van der Waals surface area contributed by atoms with E-state index in [1.807, 2.05) is 11.3 Å². The van der Waals surface area contributed by atoms with E-state index >= 15 is 0 Å². The van der Waals surface area contributed by atoms with E-state index in [0.29, 0.717) is 0 Å². The Hall–Kier alpha value is -8.56. The standard InChI is InChI=1S/C71H51NS/c1-70(2)64-28-12-9-22-58(64)62-26-16-25-61(68(62)70)56-20-8-7-19-54(56)47-33-40-52(41-34-47)72(53-42-35-48(36-43-53)55-24-15-27-63-60-23-11-14-30-67(60)73-69(55)63)51-38-31-46(32-39-51)49-37-44-59-57-21-10-13-29-65(57)71(3,66(59)45-49)50-17-5-4-6-18-50/h4-45H,1-3H3. The molecule has 1 unspecified atom stereocenters. The molecule has 1 heterocycles. The molecular weight excluding hydrogens is 899 g/mol. The fourth-order valence-electron chi connectivity index (χ4n) is 12.6. The molecule has 11 aromatic carbocycles. The molecule has 1 aromatic heterocycles. The van der Waals surface area contributed by atoms with Crippen LogP contribution in [0.4, 0.5) is 17.1 Å². The van der Waals surface area contributed by atoms with Gasteiger partial charge < -0.3 is 4.90 Å². The van der Waals surface area contributed by atoms with Gasteiger partial charge in [0, 0.05) is 48.1 Å². The Morgan fingerprint density at radius 1 is 0.315 bits per heavy atom. The fraction of sp³-hybridized carbons (Fsp3) is 0.0704. The number of benzene rings is 11. The second-order valence-corrected chi connectivity index (χ2v) is 21.5. The van der Waals surface area contributed by atoms with Crippen molar-refractivity contribution in [3.05, 3.63) is 283 Å². The Kier molecular flexibility index (Phi) is 9.94. The van der Waals surface area contributed by atoms with Crippen LogP contribution in [0.25, 0.3) is 86.9 Å². The van der Waals surface area contributed by atoms with Gasteiger partial charge in [0.1, 0.15) is 0 Å². The Balaban J connectivity index is 0.854. The first-order valence-electron chi connectivity index (χ1n) is 25.5. The lowest BCUT2D eigenvalue weighted by atomic mass is 9.74. The average Bonchev–Trinajstić information content (AvgIpc) is 4.05. The van der Waals surface area contributed by atoms with Gasteiger partial charge >= 0.3 is 0 Å². The van der Waals surface area contributed by atoms with Crippen molar-refractivity contribution in [1.29, 1.82) is 0 Å². The maximum absolute atomic E-state index is 2.44. The second kappa shape index (κ2) is 16.8. The molecule has 1 atom stereocenters. The lowest BCUT2D eigenvalue weighted by molar-refractivity contribution is 0.662. The minimum Gasteiger partial charge on any atom is -0.311 e. The summed E-state index contributed by atoms with van der Waals surface area (Å²) in [7, 11) is 0. The summed E-state index contributed by atoms with van der Waals surface area (Å²) < 4.78 is 2.65. The minimum atomic E-state index is -0.259. The topological polar surface area (TPSA) is 3.24 Å². The van der Waals surface area contributed by atoms with Gasteiger partial charge in [0.05, 0.1) is 0 Å². The number of rotatable bonds is 8. The van der Waals surface area contributed by atoms with E-state index in [1.54, 1.807) is 0 Å². The molecule has 12 aromatic rings. The molecule has 0 amide bonds. The van der Waals surface area contributed by atoms with Crippen molar-refractivity contribution in [2.24, 2.45) is 0 Å². The highest BCUT2D eigenvalue weighted by atomic mass is 32.1. The van der Waals surface area contributed by atoms with Gasteiger partial charge in [-0.25, -0.2) is 0 Å². The molecule has 2 heteroatoms. The SMILES string of the molecule is CC1(C)c2ccccc2-c2cccc(-c3ccccc3-c3ccc(N(c4ccc(-c5ccc6c(c5)C(C)(c5ccccc5)c5ccccc5-6)cc4)c4ccc(-c5cccc6c5sc5ccccc56)cc4)cc3)c21. The third-order valence-electron chi connectivity index (χ3n) is 16.2. The summed E-state index contributed by atoms with van der Waals surface area (Å²) in [5.41, 5.74) is 24.9. The molecule has 0 spiro atoms. The molecule has 0 N–H and O–H groups in total. The van der Waals surface area contributed by atoms with Gasteiger partial charge in [-0.15, -0.1) is 11.3 Å². The molecule has 0 saturated carbocycles. The van der Waals surface area contributed by atoms with Gasteiger partial charge in [-0.05, 0) is 150 Å². The number of thiophene rings is 1. The molecule has 0 saturated heterocycles. The fourth-order valence-corrected chi connectivity index (χ4v) is 13.8. The number of hydrogen-bond acceptors (Lipinski definition) is 2.